The van der Waals surface area contributed by atoms with Crippen LogP contribution in [0.25, 0.3) is 0 Å². The van der Waals surface area contributed by atoms with Crippen LogP contribution in [0.5, 0.6) is 0 Å². The van der Waals surface area contributed by atoms with Gasteiger partial charge in [-0.3, -0.25) is 9.59 Å². The number of nitrogens with two attached hydrogens (primary N) is 1. The average molecular weight is 255 g/mol. The van der Waals surface area contributed by atoms with Crippen molar-refractivity contribution in [1.29, 1.82) is 0 Å². The van der Waals surface area contributed by atoms with Crippen molar-refractivity contribution < 1.29 is 9.59 Å². The number of hydrogen-bond acceptors (Lipinski definition) is 3. The van der Waals surface area contributed by atoms with Crippen LogP contribution < -0.4 is 11.1 Å². The van der Waals surface area contributed by atoms with Gasteiger partial charge in [0.1, 0.15) is 0 Å². The summed E-state index contributed by atoms with van der Waals surface area (Å²) in [6.07, 6.45) is 4.25. The highest BCUT2D eigenvalue weighted by Gasteiger charge is 2.30. The Bertz CT molecular complexity index is 288. The quantitative estimate of drug-likeness (QED) is 0.695. The molecule has 18 heavy (non-hydrogen) atoms. The van der Waals surface area contributed by atoms with Crippen LogP contribution in [-0.4, -0.2) is 42.4 Å². The van der Waals surface area contributed by atoms with Gasteiger partial charge >= 0.3 is 0 Å². The third-order valence-corrected chi connectivity index (χ3v) is 3.50. The Hall–Kier alpha value is -1.10. The normalized spacial score (nSPS) is 17.7. The van der Waals surface area contributed by atoms with Gasteiger partial charge in [0.15, 0.2) is 0 Å². The van der Waals surface area contributed by atoms with E-state index in [9.17, 15) is 9.59 Å². The lowest BCUT2D eigenvalue weighted by atomic mass is 10.1. The molecule has 1 aliphatic rings. The SMILES string of the molecule is CCNCC(C)C(=O)N(CC(N)=O)C1CCCC1. The highest BCUT2D eigenvalue weighted by atomic mass is 16.2. The number of carbonyl (C=O) groups excluding carboxylic acids is 2. The van der Waals surface area contributed by atoms with Crippen molar-refractivity contribution in [3.63, 3.8) is 0 Å². The van der Waals surface area contributed by atoms with E-state index >= 15 is 0 Å². The summed E-state index contributed by atoms with van der Waals surface area (Å²) in [6.45, 7) is 5.46. The van der Waals surface area contributed by atoms with Crippen LogP contribution in [0.3, 0.4) is 0 Å². The van der Waals surface area contributed by atoms with Crippen LogP contribution in [0.4, 0.5) is 0 Å². The van der Waals surface area contributed by atoms with E-state index < -0.39 is 5.91 Å². The van der Waals surface area contributed by atoms with Crippen molar-refractivity contribution in [2.75, 3.05) is 19.6 Å². The third-order valence-electron chi connectivity index (χ3n) is 3.50. The van der Waals surface area contributed by atoms with Gasteiger partial charge < -0.3 is 16.0 Å². The molecule has 1 saturated carbocycles. The molecule has 1 fully saturated rings. The molecule has 1 aliphatic carbocycles. The molecular weight excluding hydrogens is 230 g/mol. The van der Waals surface area contributed by atoms with Gasteiger partial charge in [-0.25, -0.2) is 0 Å². The number of nitrogens with one attached hydrogen (secondary N) is 1. The van der Waals surface area contributed by atoms with Gasteiger partial charge in [-0.15, -0.1) is 0 Å². The molecule has 0 saturated heterocycles. The predicted molar refractivity (Wildman–Crippen MR) is 70.9 cm³/mol. The molecule has 0 aromatic heterocycles. The minimum atomic E-state index is -0.425. The molecule has 0 bridgehead atoms. The summed E-state index contributed by atoms with van der Waals surface area (Å²) in [4.78, 5) is 25.2. The fourth-order valence-electron chi connectivity index (χ4n) is 2.50. The van der Waals surface area contributed by atoms with Crippen molar-refractivity contribution in [1.82, 2.24) is 10.2 Å². The molecule has 3 N–H and O–H groups in total. The Morgan fingerprint density at radius 3 is 2.50 bits per heavy atom. The molecule has 1 unspecified atom stereocenters. The summed E-state index contributed by atoms with van der Waals surface area (Å²) in [6, 6.07) is 0.203. The van der Waals surface area contributed by atoms with Gasteiger partial charge in [0.25, 0.3) is 0 Å². The van der Waals surface area contributed by atoms with Gasteiger partial charge in [-0.05, 0) is 19.4 Å². The number of nitrogens with zero attached hydrogens (tertiary/aromatic N) is 1. The van der Waals surface area contributed by atoms with Crippen molar-refractivity contribution in [3.05, 3.63) is 0 Å². The largest absolute Gasteiger partial charge is 0.368 e. The van der Waals surface area contributed by atoms with E-state index in [1.807, 2.05) is 13.8 Å². The predicted octanol–water partition coefficient (Wildman–Crippen LogP) is 0.488. The van der Waals surface area contributed by atoms with Gasteiger partial charge in [0, 0.05) is 18.5 Å². The zero-order valence-electron chi connectivity index (χ0n) is 11.4. The second-order valence-electron chi connectivity index (χ2n) is 5.08. The molecule has 104 valence electrons. The summed E-state index contributed by atoms with van der Waals surface area (Å²) in [5, 5.41) is 3.16. The molecule has 1 atom stereocenters. The number of primary amides is 1. The van der Waals surface area contributed by atoms with Crippen LogP contribution in [0, 0.1) is 5.92 Å². The fraction of sp³-hybridized carbons (Fsp3) is 0.846. The fourth-order valence-corrected chi connectivity index (χ4v) is 2.50. The number of carbonyl (C=O) groups is 2. The molecule has 0 aliphatic heterocycles. The van der Waals surface area contributed by atoms with Gasteiger partial charge in [-0.1, -0.05) is 26.7 Å². The second-order valence-corrected chi connectivity index (χ2v) is 5.08. The van der Waals surface area contributed by atoms with Crippen LogP contribution in [-0.2, 0) is 9.59 Å². The average Bonchev–Trinajstić information content (AvgIpc) is 2.85. The first kappa shape index (κ1) is 15.0. The molecule has 5 heteroatoms. The maximum absolute atomic E-state index is 12.3. The van der Waals surface area contributed by atoms with Crippen molar-refractivity contribution in [2.45, 2.75) is 45.6 Å². The van der Waals surface area contributed by atoms with E-state index in [1.165, 1.54) is 0 Å². The minimum Gasteiger partial charge on any atom is -0.368 e. The van der Waals surface area contributed by atoms with E-state index in [0.717, 1.165) is 32.2 Å². The summed E-state index contributed by atoms with van der Waals surface area (Å²) in [5.74, 6) is -0.488. The van der Waals surface area contributed by atoms with E-state index in [4.69, 9.17) is 5.73 Å². The van der Waals surface area contributed by atoms with Crippen molar-refractivity contribution in [3.8, 4) is 0 Å². The lowest BCUT2D eigenvalue weighted by molar-refractivity contribution is -0.140. The van der Waals surface area contributed by atoms with Gasteiger partial charge in [-0.2, -0.15) is 0 Å². The first-order valence-corrected chi connectivity index (χ1v) is 6.85. The van der Waals surface area contributed by atoms with Gasteiger partial charge in [0.05, 0.1) is 6.54 Å². The standard InChI is InChI=1S/C13H25N3O2/c1-3-15-8-10(2)13(18)16(9-12(14)17)11-6-4-5-7-11/h10-11,15H,3-9H2,1-2H3,(H2,14,17). The van der Waals surface area contributed by atoms with Crippen LogP contribution in [0.15, 0.2) is 0 Å². The monoisotopic (exact) mass is 255 g/mol. The maximum atomic E-state index is 12.3. The number of amides is 2. The maximum Gasteiger partial charge on any atom is 0.237 e. The van der Waals surface area contributed by atoms with Crippen LogP contribution >= 0.6 is 0 Å². The van der Waals surface area contributed by atoms with Crippen LogP contribution in [0.1, 0.15) is 39.5 Å². The summed E-state index contributed by atoms with van der Waals surface area (Å²) in [7, 11) is 0. The molecule has 1 rings (SSSR count). The second kappa shape index (κ2) is 7.36. The summed E-state index contributed by atoms with van der Waals surface area (Å²) < 4.78 is 0. The summed E-state index contributed by atoms with van der Waals surface area (Å²) >= 11 is 0. The molecule has 0 heterocycles. The zero-order chi connectivity index (χ0) is 13.5. The minimum absolute atomic E-state index is 0.0432. The smallest absolute Gasteiger partial charge is 0.237 e. The van der Waals surface area contributed by atoms with E-state index in [2.05, 4.69) is 5.32 Å². The lowest BCUT2D eigenvalue weighted by Crippen LogP contribution is -2.47. The van der Waals surface area contributed by atoms with Crippen molar-refractivity contribution >= 4 is 11.8 Å². The number of hydrogen-bond donors (Lipinski definition) is 2. The van der Waals surface area contributed by atoms with Gasteiger partial charge in [0.2, 0.25) is 11.8 Å². The molecule has 0 aromatic carbocycles. The lowest BCUT2D eigenvalue weighted by Gasteiger charge is -2.30. The molecule has 2 amide bonds. The Morgan fingerprint density at radius 2 is 2.00 bits per heavy atom. The molecule has 5 nitrogen and oxygen atoms in total. The zero-order valence-corrected chi connectivity index (χ0v) is 11.4. The Balaban J connectivity index is 2.62. The van der Waals surface area contributed by atoms with E-state index in [-0.39, 0.29) is 24.4 Å². The molecule has 0 aromatic rings. The summed E-state index contributed by atoms with van der Waals surface area (Å²) in [5.41, 5.74) is 5.25. The molecule has 0 spiro atoms. The topological polar surface area (TPSA) is 75.4 Å². The third kappa shape index (κ3) is 4.29. The number of rotatable bonds is 7. The van der Waals surface area contributed by atoms with E-state index in [0.29, 0.717) is 6.54 Å². The Labute approximate surface area is 109 Å². The van der Waals surface area contributed by atoms with Crippen molar-refractivity contribution in [2.24, 2.45) is 11.7 Å². The highest BCUT2D eigenvalue weighted by Crippen LogP contribution is 2.24. The van der Waals surface area contributed by atoms with E-state index in [1.54, 1.807) is 4.90 Å². The Kier molecular flexibility index (Phi) is 6.12. The molecular formula is C13H25N3O2. The first-order valence-electron chi connectivity index (χ1n) is 6.85. The first-order chi connectivity index (χ1) is 8.56. The van der Waals surface area contributed by atoms with Crippen LogP contribution in [0.2, 0.25) is 0 Å². The molecule has 0 radical (unpaired) electrons. The Morgan fingerprint density at radius 1 is 1.39 bits per heavy atom. The highest BCUT2D eigenvalue weighted by molar-refractivity contribution is 5.85.